The van der Waals surface area contributed by atoms with Crippen LogP contribution in [0.4, 0.5) is 0 Å². The molecule has 1 aromatic carbocycles. The van der Waals surface area contributed by atoms with Crippen molar-refractivity contribution in [2.45, 2.75) is 25.4 Å². The Balaban J connectivity index is 1.60. The van der Waals surface area contributed by atoms with Gasteiger partial charge in [0.25, 0.3) is 0 Å². The number of benzene rings is 1. The topological polar surface area (TPSA) is 67.6 Å². The van der Waals surface area contributed by atoms with E-state index in [0.29, 0.717) is 23.6 Å². The Hall–Kier alpha value is -1.83. The predicted molar refractivity (Wildman–Crippen MR) is 107 cm³/mol. The van der Waals surface area contributed by atoms with E-state index in [9.17, 15) is 13.2 Å². The zero-order valence-electron chi connectivity index (χ0n) is 14.4. The van der Waals surface area contributed by atoms with Crippen molar-refractivity contribution in [2.24, 2.45) is 0 Å². The van der Waals surface area contributed by atoms with E-state index in [0.717, 1.165) is 15.8 Å². The minimum atomic E-state index is -3.08. The zero-order chi connectivity index (χ0) is 19.0. The normalized spacial score (nSPS) is 18.8. The summed E-state index contributed by atoms with van der Waals surface area (Å²) in [5.41, 5.74) is 1.44. The molecule has 8 heteroatoms. The fraction of sp³-hybridized carbons (Fsp3) is 0.316. The lowest BCUT2D eigenvalue weighted by Gasteiger charge is -2.28. The number of carbonyl (C=O) groups is 1. The van der Waals surface area contributed by atoms with Crippen molar-refractivity contribution in [1.82, 2.24) is 4.90 Å². The first-order valence-corrected chi connectivity index (χ1v) is 11.7. The smallest absolute Gasteiger partial charge is 0.227 e. The largest absolute Gasteiger partial charge is 0.464 e. The van der Waals surface area contributed by atoms with Crippen molar-refractivity contribution in [2.75, 3.05) is 11.5 Å². The molecule has 0 spiro atoms. The highest BCUT2D eigenvalue weighted by Crippen LogP contribution is 2.27. The van der Waals surface area contributed by atoms with Crippen LogP contribution in [-0.4, -0.2) is 36.8 Å². The Morgan fingerprint density at radius 2 is 2.19 bits per heavy atom. The number of fused-ring (bicyclic) bond motifs is 1. The van der Waals surface area contributed by atoms with Gasteiger partial charge in [-0.25, -0.2) is 8.42 Å². The van der Waals surface area contributed by atoms with Gasteiger partial charge in [0, 0.05) is 26.9 Å². The second-order valence-corrected chi connectivity index (χ2v) is 10.4. The van der Waals surface area contributed by atoms with Crippen molar-refractivity contribution in [3.8, 4) is 0 Å². The fourth-order valence-electron chi connectivity index (χ4n) is 3.47. The van der Waals surface area contributed by atoms with E-state index in [1.54, 1.807) is 40.7 Å². The van der Waals surface area contributed by atoms with E-state index in [1.165, 1.54) is 0 Å². The average Bonchev–Trinajstić information content (AvgIpc) is 3.34. The van der Waals surface area contributed by atoms with Crippen LogP contribution >= 0.6 is 22.9 Å². The molecule has 0 saturated carbocycles. The Morgan fingerprint density at radius 1 is 1.33 bits per heavy atom. The van der Waals surface area contributed by atoms with Gasteiger partial charge in [0.15, 0.2) is 9.84 Å². The fourth-order valence-corrected chi connectivity index (χ4v) is 6.07. The number of nitrogens with zero attached hydrogens (tertiary/aromatic N) is 1. The van der Waals surface area contributed by atoms with Crippen LogP contribution in [0.25, 0.3) is 11.0 Å². The van der Waals surface area contributed by atoms with Crippen molar-refractivity contribution in [3.63, 3.8) is 0 Å². The standard InChI is InChI=1S/C19H18ClNO4S2/c20-14-3-4-18-17(9-14)13(11-25-18)8-19(22)21(10-16-2-1-6-26-16)15-5-7-27(23,24)12-15/h1-4,6,9,11,15H,5,7-8,10,12H2. The predicted octanol–water partition coefficient (Wildman–Crippen LogP) is 3.91. The van der Waals surface area contributed by atoms with Gasteiger partial charge < -0.3 is 9.32 Å². The maximum Gasteiger partial charge on any atom is 0.227 e. The summed E-state index contributed by atoms with van der Waals surface area (Å²) in [6.45, 7) is 0.424. The third kappa shape index (κ3) is 4.05. The van der Waals surface area contributed by atoms with E-state index in [2.05, 4.69) is 0 Å². The molecule has 0 bridgehead atoms. The maximum atomic E-state index is 13.1. The SMILES string of the molecule is O=C(Cc1coc2ccc(Cl)cc12)N(Cc1cccs1)C1CCS(=O)(=O)C1. The zero-order valence-corrected chi connectivity index (χ0v) is 16.8. The van der Waals surface area contributed by atoms with Crippen LogP contribution in [0.2, 0.25) is 5.02 Å². The Bertz CT molecular complexity index is 1070. The highest BCUT2D eigenvalue weighted by molar-refractivity contribution is 7.91. The summed E-state index contributed by atoms with van der Waals surface area (Å²) in [6, 6.07) is 8.91. The molecular weight excluding hydrogens is 406 g/mol. The Labute approximate surface area is 166 Å². The number of hydrogen-bond donors (Lipinski definition) is 0. The van der Waals surface area contributed by atoms with Gasteiger partial charge in [-0.2, -0.15) is 0 Å². The van der Waals surface area contributed by atoms with Gasteiger partial charge in [-0.05, 0) is 36.1 Å². The summed E-state index contributed by atoms with van der Waals surface area (Å²) in [5, 5.41) is 3.34. The number of rotatable bonds is 5. The maximum absolute atomic E-state index is 13.1. The lowest BCUT2D eigenvalue weighted by Crippen LogP contribution is -2.41. The second kappa shape index (κ2) is 7.30. The number of sulfone groups is 1. The van der Waals surface area contributed by atoms with E-state index in [1.807, 2.05) is 17.5 Å². The minimum Gasteiger partial charge on any atom is -0.464 e. The highest BCUT2D eigenvalue weighted by atomic mass is 35.5. The van der Waals surface area contributed by atoms with Crippen LogP contribution in [0.5, 0.6) is 0 Å². The molecule has 1 atom stereocenters. The van der Waals surface area contributed by atoms with Crippen LogP contribution < -0.4 is 0 Å². The molecule has 3 heterocycles. The molecule has 1 aliphatic rings. The molecular formula is C19H18ClNO4S2. The molecule has 142 valence electrons. The molecule has 0 N–H and O–H groups in total. The number of hydrogen-bond acceptors (Lipinski definition) is 5. The lowest BCUT2D eigenvalue weighted by atomic mass is 10.1. The molecule has 27 heavy (non-hydrogen) atoms. The van der Waals surface area contributed by atoms with Gasteiger partial charge in [-0.3, -0.25) is 4.79 Å². The Morgan fingerprint density at radius 3 is 2.89 bits per heavy atom. The number of thiophene rings is 1. The molecule has 1 amide bonds. The summed E-state index contributed by atoms with van der Waals surface area (Å²) >= 11 is 7.63. The average molecular weight is 424 g/mol. The van der Waals surface area contributed by atoms with E-state index >= 15 is 0 Å². The van der Waals surface area contributed by atoms with Crippen LogP contribution in [0.15, 0.2) is 46.4 Å². The third-order valence-corrected chi connectivity index (χ3v) is 7.68. The van der Waals surface area contributed by atoms with Gasteiger partial charge in [0.2, 0.25) is 5.91 Å². The van der Waals surface area contributed by atoms with Gasteiger partial charge in [0.05, 0.1) is 30.7 Å². The van der Waals surface area contributed by atoms with Gasteiger partial charge in [0.1, 0.15) is 5.58 Å². The molecule has 5 nitrogen and oxygen atoms in total. The number of halogens is 1. The molecule has 0 aliphatic carbocycles. The molecule has 4 rings (SSSR count). The summed E-state index contributed by atoms with van der Waals surface area (Å²) < 4.78 is 29.4. The van der Waals surface area contributed by atoms with E-state index in [-0.39, 0.29) is 29.9 Å². The molecule has 1 aliphatic heterocycles. The first-order valence-electron chi connectivity index (χ1n) is 8.59. The Kier molecular flexibility index (Phi) is 5.01. The molecule has 3 aromatic rings. The number of amides is 1. The lowest BCUT2D eigenvalue weighted by molar-refractivity contribution is -0.133. The monoisotopic (exact) mass is 423 g/mol. The first kappa shape index (κ1) is 18.5. The van der Waals surface area contributed by atoms with E-state index in [4.69, 9.17) is 16.0 Å². The van der Waals surface area contributed by atoms with Crippen molar-refractivity contribution in [3.05, 3.63) is 57.4 Å². The van der Waals surface area contributed by atoms with Crippen LogP contribution in [-0.2, 0) is 27.6 Å². The quantitative estimate of drug-likeness (QED) is 0.624. The minimum absolute atomic E-state index is 0.0298. The van der Waals surface area contributed by atoms with Gasteiger partial charge in [-0.1, -0.05) is 17.7 Å². The molecule has 1 unspecified atom stereocenters. The van der Waals surface area contributed by atoms with Crippen LogP contribution in [0.1, 0.15) is 16.9 Å². The number of furan rings is 1. The summed E-state index contributed by atoms with van der Waals surface area (Å²) in [5.74, 6) is 0.0614. The van der Waals surface area contributed by atoms with Crippen LogP contribution in [0.3, 0.4) is 0 Å². The summed E-state index contributed by atoms with van der Waals surface area (Å²) in [4.78, 5) is 15.9. The van der Waals surface area contributed by atoms with Crippen molar-refractivity contribution < 1.29 is 17.6 Å². The first-order chi connectivity index (χ1) is 12.9. The molecule has 1 saturated heterocycles. The van der Waals surface area contributed by atoms with Gasteiger partial charge >= 0.3 is 0 Å². The van der Waals surface area contributed by atoms with Crippen molar-refractivity contribution in [1.29, 1.82) is 0 Å². The molecule has 2 aromatic heterocycles. The summed E-state index contributed by atoms with van der Waals surface area (Å²) in [6.07, 6.45) is 2.21. The van der Waals surface area contributed by atoms with Crippen LogP contribution in [0, 0.1) is 0 Å². The summed E-state index contributed by atoms with van der Waals surface area (Å²) in [7, 11) is -3.08. The van der Waals surface area contributed by atoms with Gasteiger partial charge in [-0.15, -0.1) is 11.3 Å². The number of carbonyl (C=O) groups excluding carboxylic acids is 1. The van der Waals surface area contributed by atoms with Crippen molar-refractivity contribution >= 4 is 49.7 Å². The third-order valence-electron chi connectivity index (χ3n) is 4.83. The highest BCUT2D eigenvalue weighted by Gasteiger charge is 2.35. The molecule has 0 radical (unpaired) electrons. The molecule has 1 fully saturated rings. The van der Waals surface area contributed by atoms with E-state index < -0.39 is 9.84 Å². The second-order valence-electron chi connectivity index (χ2n) is 6.74.